The van der Waals surface area contributed by atoms with Gasteiger partial charge < -0.3 is 9.84 Å². The SMILES string of the molecule is CCc1c(C(=O)O)ccc(C(C)C)c1[S@](=O)CCOC. The van der Waals surface area contributed by atoms with Gasteiger partial charge in [0, 0.05) is 12.0 Å². The summed E-state index contributed by atoms with van der Waals surface area (Å²) in [5.74, 6) is -0.390. The van der Waals surface area contributed by atoms with Crippen LogP contribution in [0.15, 0.2) is 17.0 Å². The normalized spacial score (nSPS) is 12.7. The summed E-state index contributed by atoms with van der Waals surface area (Å²) in [6.07, 6.45) is 0.552. The number of hydrogen-bond donors (Lipinski definition) is 1. The highest BCUT2D eigenvalue weighted by molar-refractivity contribution is 7.85. The number of carbonyl (C=O) groups is 1. The van der Waals surface area contributed by atoms with E-state index in [1.807, 2.05) is 20.8 Å². The Morgan fingerprint density at radius 1 is 1.40 bits per heavy atom. The minimum atomic E-state index is -1.24. The molecule has 0 aliphatic carbocycles. The highest BCUT2D eigenvalue weighted by atomic mass is 32.2. The number of benzene rings is 1. The summed E-state index contributed by atoms with van der Waals surface area (Å²) in [4.78, 5) is 12.0. The summed E-state index contributed by atoms with van der Waals surface area (Å²) < 4.78 is 17.5. The Bertz CT molecular complexity index is 509. The summed E-state index contributed by atoms with van der Waals surface area (Å²) in [6.45, 7) is 6.33. The third kappa shape index (κ3) is 3.67. The maximum Gasteiger partial charge on any atom is 0.336 e. The summed E-state index contributed by atoms with van der Waals surface area (Å²) in [7, 11) is 0.322. The lowest BCUT2D eigenvalue weighted by atomic mass is 9.96. The highest BCUT2D eigenvalue weighted by Crippen LogP contribution is 2.29. The van der Waals surface area contributed by atoms with Crippen LogP contribution in [-0.4, -0.2) is 34.8 Å². The standard InChI is InChI=1S/C15H22O4S/c1-5-11-13(15(16)17)7-6-12(10(2)3)14(11)20(18)9-8-19-4/h6-7,10H,5,8-9H2,1-4H3,(H,16,17)/t20-/m1/s1. The molecule has 0 bridgehead atoms. The van der Waals surface area contributed by atoms with Crippen LogP contribution in [0.2, 0.25) is 0 Å². The summed E-state index contributed by atoms with van der Waals surface area (Å²) >= 11 is 0. The number of hydrogen-bond acceptors (Lipinski definition) is 3. The smallest absolute Gasteiger partial charge is 0.336 e. The van der Waals surface area contributed by atoms with Gasteiger partial charge in [-0.3, -0.25) is 4.21 Å². The van der Waals surface area contributed by atoms with E-state index in [1.54, 1.807) is 19.2 Å². The van der Waals surface area contributed by atoms with Crippen LogP contribution in [0.5, 0.6) is 0 Å². The quantitative estimate of drug-likeness (QED) is 0.840. The molecule has 1 atom stereocenters. The van der Waals surface area contributed by atoms with Gasteiger partial charge in [-0.15, -0.1) is 0 Å². The Balaban J connectivity index is 3.44. The van der Waals surface area contributed by atoms with Gasteiger partial charge in [0.1, 0.15) is 0 Å². The van der Waals surface area contributed by atoms with E-state index in [4.69, 9.17) is 4.74 Å². The van der Waals surface area contributed by atoms with Crippen LogP contribution in [0.4, 0.5) is 0 Å². The van der Waals surface area contributed by atoms with E-state index in [9.17, 15) is 14.1 Å². The monoisotopic (exact) mass is 298 g/mol. The Labute approximate surface area is 122 Å². The van der Waals surface area contributed by atoms with Crippen LogP contribution in [0.3, 0.4) is 0 Å². The molecule has 0 unspecified atom stereocenters. The molecule has 0 heterocycles. The van der Waals surface area contributed by atoms with Crippen molar-refractivity contribution in [1.82, 2.24) is 0 Å². The lowest BCUT2D eigenvalue weighted by Gasteiger charge is -2.18. The zero-order chi connectivity index (χ0) is 15.3. The first-order valence-corrected chi connectivity index (χ1v) is 8.02. The molecule has 1 aromatic rings. The third-order valence-corrected chi connectivity index (χ3v) is 4.67. The topological polar surface area (TPSA) is 63.6 Å². The number of carboxylic acids is 1. The summed E-state index contributed by atoms with van der Waals surface area (Å²) in [6, 6.07) is 3.40. The van der Waals surface area contributed by atoms with E-state index in [2.05, 4.69) is 0 Å². The van der Waals surface area contributed by atoms with E-state index in [0.29, 0.717) is 29.2 Å². The van der Waals surface area contributed by atoms with Crippen molar-refractivity contribution < 1.29 is 18.8 Å². The largest absolute Gasteiger partial charge is 0.478 e. The first kappa shape index (κ1) is 16.9. The number of rotatable bonds is 7. The van der Waals surface area contributed by atoms with Gasteiger partial charge in [0.2, 0.25) is 0 Å². The molecule has 0 fully saturated rings. The molecule has 1 aromatic carbocycles. The van der Waals surface area contributed by atoms with Gasteiger partial charge in [-0.25, -0.2) is 4.79 Å². The second kappa shape index (κ2) is 7.55. The predicted octanol–water partition coefficient (Wildman–Crippen LogP) is 2.82. The average molecular weight is 298 g/mol. The zero-order valence-electron chi connectivity index (χ0n) is 12.4. The number of aromatic carboxylic acids is 1. The van der Waals surface area contributed by atoms with Crippen LogP contribution in [0, 0.1) is 0 Å². The minimum absolute atomic E-state index is 0.199. The molecule has 0 radical (unpaired) electrons. The molecular formula is C15H22O4S. The van der Waals surface area contributed by atoms with E-state index in [0.717, 1.165) is 5.56 Å². The molecule has 1 rings (SSSR count). The van der Waals surface area contributed by atoms with Gasteiger partial charge in [0.25, 0.3) is 0 Å². The van der Waals surface area contributed by atoms with Crippen molar-refractivity contribution in [3.63, 3.8) is 0 Å². The summed E-state index contributed by atoms with van der Waals surface area (Å²) in [5.41, 5.74) is 1.89. The zero-order valence-corrected chi connectivity index (χ0v) is 13.3. The molecule has 0 saturated heterocycles. The molecular weight excluding hydrogens is 276 g/mol. The van der Waals surface area contributed by atoms with Gasteiger partial charge >= 0.3 is 5.97 Å². The van der Waals surface area contributed by atoms with Crippen molar-refractivity contribution in [1.29, 1.82) is 0 Å². The molecule has 0 spiro atoms. The van der Waals surface area contributed by atoms with Crippen molar-refractivity contribution in [2.45, 2.75) is 38.0 Å². The van der Waals surface area contributed by atoms with Gasteiger partial charge in [0.05, 0.1) is 28.7 Å². The molecule has 5 heteroatoms. The lowest BCUT2D eigenvalue weighted by Crippen LogP contribution is -2.14. The van der Waals surface area contributed by atoms with Crippen molar-refractivity contribution in [3.8, 4) is 0 Å². The lowest BCUT2D eigenvalue weighted by molar-refractivity contribution is 0.0695. The second-order valence-electron chi connectivity index (χ2n) is 4.87. The average Bonchev–Trinajstić information content (AvgIpc) is 2.42. The van der Waals surface area contributed by atoms with E-state index < -0.39 is 16.8 Å². The Morgan fingerprint density at radius 3 is 2.50 bits per heavy atom. The molecule has 0 aromatic heterocycles. The highest BCUT2D eigenvalue weighted by Gasteiger charge is 2.21. The van der Waals surface area contributed by atoms with Crippen LogP contribution >= 0.6 is 0 Å². The Kier molecular flexibility index (Phi) is 6.36. The molecule has 1 N–H and O–H groups in total. The summed E-state index contributed by atoms with van der Waals surface area (Å²) in [5, 5.41) is 9.28. The number of ether oxygens (including phenoxy) is 1. The van der Waals surface area contributed by atoms with Crippen molar-refractivity contribution >= 4 is 16.8 Å². The molecule has 112 valence electrons. The predicted molar refractivity (Wildman–Crippen MR) is 80.0 cm³/mol. The molecule has 20 heavy (non-hydrogen) atoms. The third-order valence-electron chi connectivity index (χ3n) is 3.20. The van der Waals surface area contributed by atoms with Crippen molar-refractivity contribution in [3.05, 3.63) is 28.8 Å². The minimum Gasteiger partial charge on any atom is -0.478 e. The molecule has 0 aliphatic heterocycles. The van der Waals surface area contributed by atoms with Gasteiger partial charge in [-0.05, 0) is 29.5 Å². The molecule has 0 amide bonds. The molecule has 0 aliphatic rings. The number of methoxy groups -OCH3 is 1. The Morgan fingerprint density at radius 2 is 2.05 bits per heavy atom. The fourth-order valence-electron chi connectivity index (χ4n) is 2.18. The van der Waals surface area contributed by atoms with Crippen molar-refractivity contribution in [2.24, 2.45) is 0 Å². The maximum atomic E-state index is 12.5. The number of carboxylic acid groups (broad SMARTS) is 1. The fraction of sp³-hybridized carbons (Fsp3) is 0.533. The van der Waals surface area contributed by atoms with E-state index >= 15 is 0 Å². The van der Waals surface area contributed by atoms with Crippen LogP contribution in [-0.2, 0) is 22.0 Å². The first-order valence-electron chi connectivity index (χ1n) is 6.70. The van der Waals surface area contributed by atoms with Crippen molar-refractivity contribution in [2.75, 3.05) is 19.5 Å². The maximum absolute atomic E-state index is 12.5. The van der Waals surface area contributed by atoms with Crippen LogP contribution in [0.25, 0.3) is 0 Å². The van der Waals surface area contributed by atoms with E-state index in [-0.39, 0.29) is 11.5 Å². The molecule has 0 saturated carbocycles. The first-order chi connectivity index (χ1) is 9.43. The van der Waals surface area contributed by atoms with Gasteiger partial charge in [-0.1, -0.05) is 26.8 Å². The second-order valence-corrected chi connectivity index (χ2v) is 6.37. The van der Waals surface area contributed by atoms with Crippen LogP contribution < -0.4 is 0 Å². The molecule has 4 nitrogen and oxygen atoms in total. The van der Waals surface area contributed by atoms with Crippen LogP contribution in [0.1, 0.15) is 48.2 Å². The van der Waals surface area contributed by atoms with Gasteiger partial charge in [-0.2, -0.15) is 0 Å². The van der Waals surface area contributed by atoms with Gasteiger partial charge in [0.15, 0.2) is 0 Å². The fourth-order valence-corrected chi connectivity index (χ4v) is 3.80. The Hall–Kier alpha value is -1.20. The van der Waals surface area contributed by atoms with E-state index in [1.165, 1.54) is 0 Å².